The maximum absolute atomic E-state index is 12.0. The zero-order valence-corrected chi connectivity index (χ0v) is 10.8. The van der Waals surface area contributed by atoms with E-state index in [1.165, 1.54) is 13.2 Å². The lowest BCUT2D eigenvalue weighted by molar-refractivity contribution is -0.120. The number of nitrogens with one attached hydrogen (secondary N) is 1. The van der Waals surface area contributed by atoms with E-state index in [1.54, 1.807) is 0 Å². The molecule has 1 aliphatic carbocycles. The summed E-state index contributed by atoms with van der Waals surface area (Å²) in [6.07, 6.45) is 2.64. The summed E-state index contributed by atoms with van der Waals surface area (Å²) in [4.78, 5) is 19.9. The molecule has 2 unspecified atom stereocenters. The van der Waals surface area contributed by atoms with Crippen molar-refractivity contribution in [1.29, 1.82) is 0 Å². The molecule has 1 heterocycles. The zero-order valence-electron chi connectivity index (χ0n) is 10.0. The van der Waals surface area contributed by atoms with Gasteiger partial charge in [-0.1, -0.05) is 18.0 Å². The summed E-state index contributed by atoms with van der Waals surface area (Å²) in [6, 6.07) is 1.38. The Morgan fingerprint density at radius 3 is 2.94 bits per heavy atom. The van der Waals surface area contributed by atoms with Gasteiger partial charge in [-0.2, -0.15) is 4.98 Å². The number of hydrogen-bond acceptors (Lipinski definition) is 5. The van der Waals surface area contributed by atoms with Crippen LogP contribution in [0.2, 0.25) is 5.15 Å². The molecular formula is C11H15ClN4O2. The number of halogens is 1. The highest BCUT2D eigenvalue weighted by Crippen LogP contribution is 2.25. The van der Waals surface area contributed by atoms with Crippen molar-refractivity contribution in [3.8, 4) is 5.88 Å². The van der Waals surface area contributed by atoms with Crippen LogP contribution in [0.3, 0.4) is 0 Å². The summed E-state index contributed by atoms with van der Waals surface area (Å²) in [6.45, 7) is 0. The second-order valence-corrected chi connectivity index (χ2v) is 4.63. The molecule has 7 heteroatoms. The molecule has 1 aliphatic rings. The van der Waals surface area contributed by atoms with Gasteiger partial charge in [0.15, 0.2) is 0 Å². The molecule has 1 saturated carbocycles. The van der Waals surface area contributed by atoms with Gasteiger partial charge in [-0.05, 0) is 12.8 Å². The van der Waals surface area contributed by atoms with Crippen LogP contribution in [0.25, 0.3) is 0 Å². The van der Waals surface area contributed by atoms with Gasteiger partial charge in [0.2, 0.25) is 17.7 Å². The van der Waals surface area contributed by atoms with Crippen molar-refractivity contribution in [3.63, 3.8) is 0 Å². The fourth-order valence-electron chi connectivity index (χ4n) is 2.07. The van der Waals surface area contributed by atoms with Crippen LogP contribution in [-0.2, 0) is 4.79 Å². The molecule has 3 N–H and O–H groups in total. The smallest absolute Gasteiger partial charge is 0.234 e. The monoisotopic (exact) mass is 270 g/mol. The van der Waals surface area contributed by atoms with Gasteiger partial charge in [0.25, 0.3) is 0 Å². The van der Waals surface area contributed by atoms with Crippen molar-refractivity contribution < 1.29 is 9.53 Å². The van der Waals surface area contributed by atoms with E-state index in [1.807, 2.05) is 0 Å². The highest BCUT2D eigenvalue weighted by molar-refractivity contribution is 6.29. The molecule has 0 aliphatic heterocycles. The van der Waals surface area contributed by atoms with Crippen molar-refractivity contribution >= 4 is 23.5 Å². The van der Waals surface area contributed by atoms with Gasteiger partial charge in [-0.25, -0.2) is 4.98 Å². The standard InChI is InChI=1S/C11H15ClN4O2/c1-18-9-5-8(12)14-11(15-9)16-10(17)6-3-2-4-7(6)13/h5-7H,2-4,13H2,1H3,(H,14,15,16,17). The fraction of sp³-hybridized carbons (Fsp3) is 0.545. The minimum Gasteiger partial charge on any atom is -0.481 e. The number of rotatable bonds is 3. The molecule has 6 nitrogen and oxygen atoms in total. The highest BCUT2D eigenvalue weighted by atomic mass is 35.5. The van der Waals surface area contributed by atoms with Crippen molar-refractivity contribution in [2.75, 3.05) is 12.4 Å². The van der Waals surface area contributed by atoms with Gasteiger partial charge in [-0.15, -0.1) is 0 Å². The number of anilines is 1. The average molecular weight is 271 g/mol. The number of ether oxygens (including phenoxy) is 1. The molecule has 2 atom stereocenters. The molecule has 0 spiro atoms. The average Bonchev–Trinajstić information content (AvgIpc) is 2.74. The largest absolute Gasteiger partial charge is 0.481 e. The first kappa shape index (κ1) is 13.0. The molecule has 1 aromatic heterocycles. The third-order valence-electron chi connectivity index (χ3n) is 3.02. The number of methoxy groups -OCH3 is 1. The van der Waals surface area contributed by atoms with Crippen molar-refractivity contribution in [1.82, 2.24) is 9.97 Å². The van der Waals surface area contributed by atoms with E-state index in [4.69, 9.17) is 22.1 Å². The predicted octanol–water partition coefficient (Wildman–Crippen LogP) is 1.20. The molecule has 98 valence electrons. The quantitative estimate of drug-likeness (QED) is 0.806. The summed E-state index contributed by atoms with van der Waals surface area (Å²) < 4.78 is 4.95. The third-order valence-corrected chi connectivity index (χ3v) is 3.22. The predicted molar refractivity (Wildman–Crippen MR) is 67.5 cm³/mol. The minimum absolute atomic E-state index is 0.0916. The Bertz CT molecular complexity index is 455. The lowest BCUT2D eigenvalue weighted by Gasteiger charge is -2.14. The summed E-state index contributed by atoms with van der Waals surface area (Å²) in [5, 5.41) is 2.84. The fourth-order valence-corrected chi connectivity index (χ4v) is 2.25. The Balaban J connectivity index is 2.09. The molecule has 1 amide bonds. The van der Waals surface area contributed by atoms with Gasteiger partial charge < -0.3 is 10.5 Å². The summed E-state index contributed by atoms with van der Waals surface area (Å²) in [5.41, 5.74) is 5.87. The second kappa shape index (κ2) is 5.49. The second-order valence-electron chi connectivity index (χ2n) is 4.25. The third kappa shape index (κ3) is 2.88. The SMILES string of the molecule is COc1cc(Cl)nc(NC(=O)C2CCCC2N)n1. The van der Waals surface area contributed by atoms with E-state index in [9.17, 15) is 4.79 Å². The minimum atomic E-state index is -0.182. The Kier molecular flexibility index (Phi) is 3.98. The first-order chi connectivity index (χ1) is 8.60. The van der Waals surface area contributed by atoms with Crippen LogP contribution >= 0.6 is 11.6 Å². The molecule has 1 fully saturated rings. The molecule has 0 saturated heterocycles. The van der Waals surface area contributed by atoms with Crippen LogP contribution in [0, 0.1) is 5.92 Å². The van der Waals surface area contributed by atoms with E-state index in [0.717, 1.165) is 19.3 Å². The Morgan fingerprint density at radius 2 is 2.33 bits per heavy atom. The van der Waals surface area contributed by atoms with Crippen LogP contribution < -0.4 is 15.8 Å². The first-order valence-corrected chi connectivity index (χ1v) is 6.13. The van der Waals surface area contributed by atoms with Crippen molar-refractivity contribution in [3.05, 3.63) is 11.2 Å². The number of aromatic nitrogens is 2. The Labute approximate surface area is 110 Å². The lowest BCUT2D eigenvalue weighted by atomic mass is 10.0. The Morgan fingerprint density at radius 1 is 1.56 bits per heavy atom. The van der Waals surface area contributed by atoms with Gasteiger partial charge in [-0.3, -0.25) is 10.1 Å². The maximum atomic E-state index is 12.0. The first-order valence-electron chi connectivity index (χ1n) is 5.75. The van der Waals surface area contributed by atoms with Gasteiger partial charge >= 0.3 is 0 Å². The molecular weight excluding hydrogens is 256 g/mol. The molecule has 1 aromatic rings. The zero-order chi connectivity index (χ0) is 13.1. The maximum Gasteiger partial charge on any atom is 0.234 e. The number of carbonyl (C=O) groups excluding carboxylic acids is 1. The van der Waals surface area contributed by atoms with Gasteiger partial charge in [0.05, 0.1) is 13.0 Å². The number of nitrogens with two attached hydrogens (primary N) is 1. The van der Waals surface area contributed by atoms with Crippen LogP contribution in [0.1, 0.15) is 19.3 Å². The van der Waals surface area contributed by atoms with Gasteiger partial charge in [0, 0.05) is 12.1 Å². The van der Waals surface area contributed by atoms with Crippen molar-refractivity contribution in [2.24, 2.45) is 11.7 Å². The van der Waals surface area contributed by atoms with E-state index in [0.29, 0.717) is 5.88 Å². The van der Waals surface area contributed by atoms with Crippen LogP contribution in [0.4, 0.5) is 5.95 Å². The Hall–Kier alpha value is -1.40. The van der Waals surface area contributed by atoms with Crippen LogP contribution in [0.5, 0.6) is 5.88 Å². The van der Waals surface area contributed by atoms with Crippen LogP contribution in [0.15, 0.2) is 6.07 Å². The molecule has 0 radical (unpaired) electrons. The number of nitrogens with zero attached hydrogens (tertiary/aromatic N) is 2. The van der Waals surface area contributed by atoms with Gasteiger partial charge in [0.1, 0.15) is 5.15 Å². The molecule has 18 heavy (non-hydrogen) atoms. The number of hydrogen-bond donors (Lipinski definition) is 2. The molecule has 0 bridgehead atoms. The molecule has 0 aromatic carbocycles. The molecule has 2 rings (SSSR count). The number of amides is 1. The normalized spacial score (nSPS) is 22.8. The van der Waals surface area contributed by atoms with E-state index < -0.39 is 0 Å². The summed E-state index contributed by atoms with van der Waals surface area (Å²) >= 11 is 5.79. The van der Waals surface area contributed by atoms with E-state index in [2.05, 4.69) is 15.3 Å². The number of carbonyl (C=O) groups is 1. The van der Waals surface area contributed by atoms with Crippen molar-refractivity contribution in [2.45, 2.75) is 25.3 Å². The lowest BCUT2D eigenvalue weighted by Crippen LogP contribution is -2.34. The highest BCUT2D eigenvalue weighted by Gasteiger charge is 2.30. The van der Waals surface area contributed by atoms with E-state index in [-0.39, 0.29) is 29.0 Å². The topological polar surface area (TPSA) is 90.1 Å². The summed E-state index contributed by atoms with van der Waals surface area (Å²) in [7, 11) is 1.47. The summed E-state index contributed by atoms with van der Waals surface area (Å²) in [5.74, 6) is 0.104. The van der Waals surface area contributed by atoms with E-state index >= 15 is 0 Å². The van der Waals surface area contributed by atoms with Crippen LogP contribution in [-0.4, -0.2) is 29.0 Å².